The Morgan fingerprint density at radius 3 is 1.83 bits per heavy atom. The van der Waals surface area contributed by atoms with Gasteiger partial charge in [0, 0.05) is 12.8 Å². The number of unbranched alkanes of at least 4 members (excludes halogenated alkanes) is 11. The number of esters is 2. The minimum Gasteiger partial charge on any atom is -0.462 e. The van der Waals surface area contributed by atoms with Crippen LogP contribution < -0.4 is 0 Å². The van der Waals surface area contributed by atoms with Crippen molar-refractivity contribution in [3.8, 4) is 0 Å². The number of hydrogen-bond acceptors (Lipinski definition) is 8. The third kappa shape index (κ3) is 43.1. The van der Waals surface area contributed by atoms with E-state index in [0.29, 0.717) is 30.3 Å². The summed E-state index contributed by atoms with van der Waals surface area (Å²) in [6.07, 6.45) is 46.9. The van der Waals surface area contributed by atoms with E-state index in [2.05, 4.69) is 56.4 Å². The minimum atomic E-state index is -4.41. The molecule has 0 aromatic carbocycles. The lowest BCUT2D eigenvalue weighted by Crippen LogP contribution is -2.37. The number of phosphoric acid groups is 1. The molecule has 59 heavy (non-hydrogen) atoms. The van der Waals surface area contributed by atoms with Gasteiger partial charge in [-0.3, -0.25) is 18.6 Å². The molecule has 0 aliphatic rings. The molecule has 2 N–H and O–H groups in total. The first-order valence-electron chi connectivity index (χ1n) is 22.4. The van der Waals surface area contributed by atoms with Crippen LogP contribution in [0.5, 0.6) is 0 Å². The molecule has 0 saturated heterocycles. The van der Waals surface area contributed by atoms with E-state index in [9.17, 15) is 24.2 Å². The van der Waals surface area contributed by atoms with E-state index in [1.165, 1.54) is 44.9 Å². The normalized spacial score (nSPS) is 14.9. The second kappa shape index (κ2) is 39.3. The molecular formula is C48H83NO9P+. The van der Waals surface area contributed by atoms with Gasteiger partial charge in [-0.15, -0.1) is 0 Å². The molecule has 0 spiro atoms. The highest BCUT2D eigenvalue weighted by molar-refractivity contribution is 7.47. The van der Waals surface area contributed by atoms with Crippen LogP contribution in [-0.2, 0) is 32.7 Å². The zero-order valence-electron chi connectivity index (χ0n) is 37.6. The molecule has 0 rings (SSSR count). The van der Waals surface area contributed by atoms with Gasteiger partial charge in [0.05, 0.1) is 33.9 Å². The van der Waals surface area contributed by atoms with Gasteiger partial charge in [-0.05, 0) is 70.6 Å². The average molecular weight is 849 g/mol. The predicted octanol–water partition coefficient (Wildman–Crippen LogP) is 11.8. The number of aliphatic hydroxyl groups excluding tert-OH is 1. The SMILES string of the molecule is CC/C=C\CC(O)/C=C/C=C/C/C=C\C/C=C\C/C=C\CCC(=O)OC[C@H](COP(=O)(O)OCC[N+](C)(C)C)OC(=O)CCCCCCC/C=C\CCCCCCCC. The molecule has 10 nitrogen and oxygen atoms in total. The van der Waals surface area contributed by atoms with E-state index < -0.39 is 38.6 Å². The summed E-state index contributed by atoms with van der Waals surface area (Å²) in [6, 6.07) is 0. The largest absolute Gasteiger partial charge is 0.472 e. The van der Waals surface area contributed by atoms with Crippen LogP contribution in [0.25, 0.3) is 0 Å². The smallest absolute Gasteiger partial charge is 0.462 e. The van der Waals surface area contributed by atoms with Crippen molar-refractivity contribution in [3.05, 3.63) is 85.1 Å². The van der Waals surface area contributed by atoms with Crippen LogP contribution in [0.3, 0.4) is 0 Å². The minimum absolute atomic E-state index is 0.00814. The maximum Gasteiger partial charge on any atom is 0.472 e. The highest BCUT2D eigenvalue weighted by Gasteiger charge is 2.27. The van der Waals surface area contributed by atoms with Crippen molar-refractivity contribution >= 4 is 19.8 Å². The first kappa shape index (κ1) is 56.1. The van der Waals surface area contributed by atoms with Gasteiger partial charge in [0.2, 0.25) is 0 Å². The first-order valence-corrected chi connectivity index (χ1v) is 23.9. The van der Waals surface area contributed by atoms with Gasteiger partial charge >= 0.3 is 19.8 Å². The predicted molar refractivity (Wildman–Crippen MR) is 244 cm³/mol. The first-order chi connectivity index (χ1) is 28.4. The quantitative estimate of drug-likeness (QED) is 0.0155. The molecule has 11 heteroatoms. The number of quaternary nitrogens is 1. The summed E-state index contributed by atoms with van der Waals surface area (Å²) < 4.78 is 34.2. The number of ether oxygens (including phenoxy) is 2. The number of rotatable bonds is 39. The molecule has 0 heterocycles. The van der Waals surface area contributed by atoms with Gasteiger partial charge in [0.25, 0.3) is 0 Å². The average Bonchev–Trinajstić information content (AvgIpc) is 3.18. The lowest BCUT2D eigenvalue weighted by Gasteiger charge is -2.24. The van der Waals surface area contributed by atoms with Gasteiger partial charge in [-0.2, -0.15) is 0 Å². The van der Waals surface area contributed by atoms with E-state index in [1.807, 2.05) is 57.6 Å². The van der Waals surface area contributed by atoms with Crippen molar-refractivity contribution < 1.29 is 47.2 Å². The molecule has 0 aromatic rings. The Hall–Kier alpha value is -2.85. The van der Waals surface area contributed by atoms with Crippen molar-refractivity contribution in [2.75, 3.05) is 47.5 Å². The zero-order chi connectivity index (χ0) is 43.7. The lowest BCUT2D eigenvalue weighted by atomic mass is 10.1. The van der Waals surface area contributed by atoms with Crippen molar-refractivity contribution in [2.24, 2.45) is 0 Å². The molecule has 0 aliphatic carbocycles. The van der Waals surface area contributed by atoms with Gasteiger partial charge in [0.1, 0.15) is 19.8 Å². The number of likely N-dealkylation sites (N-methyl/N-ethyl adjacent to an activating group) is 1. The summed E-state index contributed by atoms with van der Waals surface area (Å²) in [5, 5.41) is 9.84. The van der Waals surface area contributed by atoms with Crippen LogP contribution in [0, 0.1) is 0 Å². The van der Waals surface area contributed by atoms with Crippen molar-refractivity contribution in [1.82, 2.24) is 0 Å². The monoisotopic (exact) mass is 849 g/mol. The molecule has 2 unspecified atom stereocenters. The van der Waals surface area contributed by atoms with Crippen molar-refractivity contribution in [1.29, 1.82) is 0 Å². The standard InChI is InChI=1S/C48H82NO9P/c1-6-8-10-11-12-13-14-15-16-19-23-26-29-32-36-40-48(52)58-46(44-57-59(53,54)56-42-41-49(3,4)5)43-55-47(51)39-35-31-28-25-22-20-17-18-21-24-27-30-34-38-45(50)37-33-9-7-2/h9,15-16,18,20-22,27-28,30-31,33-34,38,45-46,50H,6-8,10-14,17,19,23-26,29,32,35-37,39-44H2,1-5H3/p+1/b16-15-,21-18-,22-20-,30-27+,31-28-,33-9-,38-34+/t45?,46-/m1/s1. The summed E-state index contributed by atoms with van der Waals surface area (Å²) >= 11 is 0. The van der Waals surface area contributed by atoms with Gasteiger partial charge < -0.3 is 24.0 Å². The van der Waals surface area contributed by atoms with E-state index in [1.54, 1.807) is 6.08 Å². The number of allylic oxidation sites excluding steroid dienone is 12. The Bertz CT molecular complexity index is 1300. The highest BCUT2D eigenvalue weighted by Crippen LogP contribution is 2.43. The van der Waals surface area contributed by atoms with Crippen LogP contribution in [-0.4, -0.2) is 86.1 Å². The number of carbonyl (C=O) groups is 2. The Morgan fingerprint density at radius 1 is 0.627 bits per heavy atom. The van der Waals surface area contributed by atoms with E-state index >= 15 is 0 Å². The molecule has 0 bridgehead atoms. The maximum atomic E-state index is 12.7. The Kier molecular flexibility index (Phi) is 37.4. The third-order valence-electron chi connectivity index (χ3n) is 9.00. The number of aliphatic hydroxyl groups is 1. The molecular weight excluding hydrogens is 765 g/mol. The van der Waals surface area contributed by atoms with E-state index in [0.717, 1.165) is 57.8 Å². The van der Waals surface area contributed by atoms with Crippen LogP contribution in [0.1, 0.15) is 149 Å². The van der Waals surface area contributed by atoms with Crippen molar-refractivity contribution in [2.45, 2.75) is 161 Å². The van der Waals surface area contributed by atoms with Crippen LogP contribution >= 0.6 is 7.82 Å². The van der Waals surface area contributed by atoms with Crippen LogP contribution in [0.15, 0.2) is 85.1 Å². The Labute approximate surface area is 359 Å². The van der Waals surface area contributed by atoms with Crippen LogP contribution in [0.2, 0.25) is 0 Å². The van der Waals surface area contributed by atoms with E-state index in [-0.39, 0.29) is 26.1 Å². The molecule has 3 atom stereocenters. The second-order valence-electron chi connectivity index (χ2n) is 15.9. The third-order valence-corrected chi connectivity index (χ3v) is 9.99. The summed E-state index contributed by atoms with van der Waals surface area (Å²) in [5.41, 5.74) is 0. The highest BCUT2D eigenvalue weighted by atomic mass is 31.2. The van der Waals surface area contributed by atoms with Crippen LogP contribution in [0.4, 0.5) is 0 Å². The van der Waals surface area contributed by atoms with Gasteiger partial charge in [0.15, 0.2) is 6.10 Å². The van der Waals surface area contributed by atoms with Gasteiger partial charge in [-0.25, -0.2) is 4.57 Å². The Morgan fingerprint density at radius 2 is 1.20 bits per heavy atom. The van der Waals surface area contributed by atoms with Gasteiger partial charge in [-0.1, -0.05) is 150 Å². The summed E-state index contributed by atoms with van der Waals surface area (Å²) in [4.78, 5) is 35.3. The molecule has 0 aliphatic heterocycles. The number of nitrogens with zero attached hydrogens (tertiary/aromatic N) is 1. The fraction of sp³-hybridized carbons (Fsp3) is 0.667. The lowest BCUT2D eigenvalue weighted by molar-refractivity contribution is -0.870. The second-order valence-corrected chi connectivity index (χ2v) is 17.3. The summed E-state index contributed by atoms with van der Waals surface area (Å²) in [6.45, 7) is 4.08. The summed E-state index contributed by atoms with van der Waals surface area (Å²) in [7, 11) is 1.40. The number of phosphoric ester groups is 1. The molecule has 0 fully saturated rings. The molecule has 338 valence electrons. The molecule has 0 radical (unpaired) electrons. The topological polar surface area (TPSA) is 129 Å². The number of hydrogen-bond donors (Lipinski definition) is 2. The molecule has 0 saturated carbocycles. The fourth-order valence-corrected chi connectivity index (χ4v) is 6.21. The number of carbonyl (C=O) groups excluding carboxylic acids is 2. The maximum absolute atomic E-state index is 12.7. The van der Waals surface area contributed by atoms with E-state index in [4.69, 9.17) is 18.5 Å². The molecule has 0 amide bonds. The fourth-order valence-electron chi connectivity index (χ4n) is 5.47. The molecule has 0 aromatic heterocycles. The van der Waals surface area contributed by atoms with Crippen molar-refractivity contribution in [3.63, 3.8) is 0 Å². The zero-order valence-corrected chi connectivity index (χ0v) is 38.5. The Balaban J connectivity index is 4.53. The summed E-state index contributed by atoms with van der Waals surface area (Å²) in [5.74, 6) is -0.935.